The molecule has 0 bridgehead atoms. The molecule has 9 rings (SSSR count). The van der Waals surface area contributed by atoms with Crippen LogP contribution in [0.1, 0.15) is 0 Å². The quantitative estimate of drug-likeness (QED) is 0.197. The van der Waals surface area contributed by atoms with Crippen molar-refractivity contribution in [3.8, 4) is 56.4 Å². The molecule has 220 valence electrons. The van der Waals surface area contributed by atoms with Crippen molar-refractivity contribution >= 4 is 32.7 Å². The van der Waals surface area contributed by atoms with Gasteiger partial charge in [0.05, 0.1) is 0 Å². The van der Waals surface area contributed by atoms with Crippen molar-refractivity contribution in [2.24, 2.45) is 0 Å². The molecule has 0 unspecified atom stereocenters. The number of nitrogens with zero attached hydrogens (tertiary/aromatic N) is 3. The van der Waals surface area contributed by atoms with Crippen molar-refractivity contribution in [1.29, 1.82) is 0 Å². The van der Waals surface area contributed by atoms with Crippen molar-refractivity contribution in [2.45, 2.75) is 0 Å². The summed E-state index contributed by atoms with van der Waals surface area (Å²) < 4.78 is 6.46. The van der Waals surface area contributed by atoms with Crippen LogP contribution in [0.15, 0.2) is 168 Å². The van der Waals surface area contributed by atoms with Crippen molar-refractivity contribution in [3.63, 3.8) is 0 Å². The second kappa shape index (κ2) is 11.2. The highest BCUT2D eigenvalue weighted by Gasteiger charge is 2.17. The fourth-order valence-electron chi connectivity index (χ4n) is 6.47. The smallest absolute Gasteiger partial charge is 0.164 e. The van der Waals surface area contributed by atoms with Gasteiger partial charge in [0.15, 0.2) is 17.5 Å². The zero-order valence-electron chi connectivity index (χ0n) is 25.3. The predicted octanol–water partition coefficient (Wildman–Crippen LogP) is 11.3. The van der Waals surface area contributed by atoms with E-state index >= 15 is 0 Å². The summed E-state index contributed by atoms with van der Waals surface area (Å²) in [5.41, 5.74) is 8.95. The maximum Gasteiger partial charge on any atom is 0.164 e. The van der Waals surface area contributed by atoms with E-state index in [1.165, 1.54) is 0 Å². The Labute approximate surface area is 271 Å². The maximum absolute atomic E-state index is 6.46. The van der Waals surface area contributed by atoms with Crippen LogP contribution in [-0.4, -0.2) is 15.0 Å². The van der Waals surface area contributed by atoms with Crippen LogP contribution in [0.25, 0.3) is 89.1 Å². The van der Waals surface area contributed by atoms with Crippen molar-refractivity contribution in [2.75, 3.05) is 0 Å². The van der Waals surface area contributed by atoms with Crippen LogP contribution in [0.5, 0.6) is 0 Å². The third kappa shape index (κ3) is 4.84. The molecule has 0 saturated heterocycles. The fourth-order valence-corrected chi connectivity index (χ4v) is 6.47. The lowest BCUT2D eigenvalue weighted by atomic mass is 9.99. The Hall–Kier alpha value is -6.39. The number of hydrogen-bond donors (Lipinski definition) is 0. The van der Waals surface area contributed by atoms with Gasteiger partial charge in [0.25, 0.3) is 0 Å². The Bertz CT molecular complexity index is 2570. The summed E-state index contributed by atoms with van der Waals surface area (Å²) in [6, 6.07) is 56.3. The van der Waals surface area contributed by atoms with Crippen LogP contribution < -0.4 is 0 Å². The van der Waals surface area contributed by atoms with Gasteiger partial charge >= 0.3 is 0 Å². The van der Waals surface area contributed by atoms with Crippen LogP contribution in [0.3, 0.4) is 0 Å². The monoisotopic (exact) mass is 601 g/mol. The number of benzene rings is 7. The molecule has 0 amide bonds. The Morgan fingerprint density at radius 1 is 0.340 bits per heavy atom. The summed E-state index contributed by atoms with van der Waals surface area (Å²) >= 11 is 0. The Morgan fingerprint density at radius 3 is 1.77 bits per heavy atom. The largest absolute Gasteiger partial charge is 0.456 e. The van der Waals surface area contributed by atoms with Gasteiger partial charge in [-0.25, -0.2) is 15.0 Å². The van der Waals surface area contributed by atoms with Gasteiger partial charge in [0.2, 0.25) is 0 Å². The van der Waals surface area contributed by atoms with E-state index in [1.54, 1.807) is 0 Å². The van der Waals surface area contributed by atoms with E-state index in [9.17, 15) is 0 Å². The molecule has 0 aliphatic heterocycles. The zero-order valence-corrected chi connectivity index (χ0v) is 25.3. The SMILES string of the molecule is c1ccc(-c2cccc(-c3nc(-c4ccc5c(c4)oc4cccc(-c6ccccc6)c45)nc(-c4cccc5ccccc45)n3)c2)cc1. The molecule has 4 heteroatoms. The highest BCUT2D eigenvalue weighted by Crippen LogP contribution is 2.38. The van der Waals surface area contributed by atoms with Crippen LogP contribution in [0, 0.1) is 0 Å². The normalized spacial score (nSPS) is 11.4. The van der Waals surface area contributed by atoms with Crippen LogP contribution in [0.2, 0.25) is 0 Å². The van der Waals surface area contributed by atoms with Crippen molar-refractivity contribution in [3.05, 3.63) is 164 Å². The first-order valence-electron chi connectivity index (χ1n) is 15.7. The van der Waals surface area contributed by atoms with E-state index in [0.29, 0.717) is 17.5 Å². The molecule has 2 heterocycles. The first-order chi connectivity index (χ1) is 23.3. The van der Waals surface area contributed by atoms with Gasteiger partial charge < -0.3 is 4.42 Å². The summed E-state index contributed by atoms with van der Waals surface area (Å²) in [6.07, 6.45) is 0. The molecule has 0 aliphatic rings. The van der Waals surface area contributed by atoms with E-state index in [-0.39, 0.29) is 0 Å². The lowest BCUT2D eigenvalue weighted by Gasteiger charge is -2.11. The molecule has 0 aliphatic carbocycles. The van der Waals surface area contributed by atoms with Gasteiger partial charge in [-0.05, 0) is 57.3 Å². The first-order valence-corrected chi connectivity index (χ1v) is 15.7. The minimum Gasteiger partial charge on any atom is -0.456 e. The lowest BCUT2D eigenvalue weighted by Crippen LogP contribution is -2.00. The molecule has 7 aromatic carbocycles. The minimum absolute atomic E-state index is 0.591. The number of rotatable bonds is 5. The summed E-state index contributed by atoms with van der Waals surface area (Å²) in [5, 5.41) is 4.39. The van der Waals surface area contributed by atoms with Gasteiger partial charge in [-0.2, -0.15) is 0 Å². The van der Waals surface area contributed by atoms with Crippen LogP contribution >= 0.6 is 0 Å². The lowest BCUT2D eigenvalue weighted by molar-refractivity contribution is 0.669. The van der Waals surface area contributed by atoms with Gasteiger partial charge in [0, 0.05) is 27.5 Å². The summed E-state index contributed by atoms with van der Waals surface area (Å²) in [6.45, 7) is 0. The highest BCUT2D eigenvalue weighted by atomic mass is 16.3. The molecule has 0 saturated carbocycles. The Morgan fingerprint density at radius 2 is 0.936 bits per heavy atom. The number of furan rings is 1. The third-order valence-electron chi connectivity index (χ3n) is 8.73. The molecular weight excluding hydrogens is 574 g/mol. The third-order valence-corrected chi connectivity index (χ3v) is 8.73. The van der Waals surface area contributed by atoms with Gasteiger partial charge in [0.1, 0.15) is 11.2 Å². The van der Waals surface area contributed by atoms with Crippen LogP contribution in [0.4, 0.5) is 0 Å². The maximum atomic E-state index is 6.46. The molecule has 47 heavy (non-hydrogen) atoms. The zero-order chi connectivity index (χ0) is 31.2. The van der Waals surface area contributed by atoms with Crippen molar-refractivity contribution < 1.29 is 4.42 Å². The van der Waals surface area contributed by atoms with Crippen LogP contribution in [-0.2, 0) is 0 Å². The molecule has 0 spiro atoms. The minimum atomic E-state index is 0.591. The second-order valence-electron chi connectivity index (χ2n) is 11.6. The molecule has 9 aromatic rings. The molecule has 0 radical (unpaired) electrons. The van der Waals surface area contributed by atoms with Crippen molar-refractivity contribution in [1.82, 2.24) is 15.0 Å². The highest BCUT2D eigenvalue weighted by molar-refractivity contribution is 6.13. The predicted molar refractivity (Wildman–Crippen MR) is 192 cm³/mol. The first kappa shape index (κ1) is 27.0. The molecular formula is C43H27N3O. The molecule has 0 fully saturated rings. The van der Waals surface area contributed by atoms with Gasteiger partial charge in [-0.15, -0.1) is 0 Å². The van der Waals surface area contributed by atoms with Gasteiger partial charge in [-0.1, -0.05) is 140 Å². The van der Waals surface area contributed by atoms with E-state index in [1.807, 2.05) is 24.3 Å². The number of hydrogen-bond acceptors (Lipinski definition) is 4. The fraction of sp³-hybridized carbons (Fsp3) is 0. The number of aromatic nitrogens is 3. The van der Waals surface area contributed by atoms with E-state index in [0.717, 1.165) is 71.7 Å². The molecule has 2 aromatic heterocycles. The summed E-state index contributed by atoms with van der Waals surface area (Å²) in [7, 11) is 0. The van der Waals surface area contributed by atoms with E-state index in [4.69, 9.17) is 19.4 Å². The molecule has 0 N–H and O–H groups in total. The topological polar surface area (TPSA) is 51.8 Å². The summed E-state index contributed by atoms with van der Waals surface area (Å²) in [5.74, 6) is 1.84. The molecule has 4 nitrogen and oxygen atoms in total. The van der Waals surface area contributed by atoms with Gasteiger partial charge in [-0.3, -0.25) is 0 Å². The van der Waals surface area contributed by atoms with E-state index < -0.39 is 0 Å². The summed E-state index contributed by atoms with van der Waals surface area (Å²) in [4.78, 5) is 15.2. The Kier molecular flexibility index (Phi) is 6.43. The molecule has 0 atom stereocenters. The number of fused-ring (bicyclic) bond motifs is 4. The standard InChI is InChI=1S/C43H27N3O/c1-3-12-28(13-4-1)31-18-9-19-32(26-31)41-44-42(46-43(45-41)36-22-10-17-29-16-7-8-20-34(29)36)33-24-25-37-39(27-33)47-38-23-11-21-35(40(37)38)30-14-5-2-6-15-30/h1-27H. The average molecular weight is 602 g/mol. The van der Waals surface area contributed by atoms with E-state index in [2.05, 4.69) is 140 Å². The second-order valence-corrected chi connectivity index (χ2v) is 11.6. The Balaban J connectivity index is 1.24. The average Bonchev–Trinajstić information content (AvgIpc) is 3.53.